The Hall–Kier alpha value is -7.33. The second-order valence-electron chi connectivity index (χ2n) is 22.1. The van der Waals surface area contributed by atoms with Crippen LogP contribution >= 0.6 is 0 Å². The van der Waals surface area contributed by atoms with E-state index in [-0.39, 0.29) is 37.0 Å². The predicted octanol–water partition coefficient (Wildman–Crippen LogP) is 7.98. The van der Waals surface area contributed by atoms with Gasteiger partial charge in [0.2, 0.25) is 17.7 Å². The molecule has 400 valence electrons. The number of alkyl carbamates (subject to hydrolysis) is 1. The predicted molar refractivity (Wildman–Crippen MR) is 286 cm³/mol. The molecule has 0 spiro atoms. The van der Waals surface area contributed by atoms with Crippen LogP contribution in [0.1, 0.15) is 139 Å². The summed E-state index contributed by atoms with van der Waals surface area (Å²) in [5, 5.41) is 30.5. The van der Waals surface area contributed by atoms with E-state index in [4.69, 9.17) is 9.47 Å². The van der Waals surface area contributed by atoms with Crippen LogP contribution in [0.15, 0.2) is 54.6 Å². The van der Waals surface area contributed by atoms with Crippen molar-refractivity contribution >= 4 is 63.2 Å². The van der Waals surface area contributed by atoms with Gasteiger partial charge in [-0.1, -0.05) is 64.7 Å². The van der Waals surface area contributed by atoms with Crippen LogP contribution in [-0.4, -0.2) is 118 Å². The van der Waals surface area contributed by atoms with Crippen LogP contribution < -0.4 is 20.9 Å². The number of carbonyl (C=O) groups excluding carboxylic acids is 5. The molecule has 19 nitrogen and oxygen atoms in total. The molecule has 1 saturated heterocycles. The van der Waals surface area contributed by atoms with E-state index in [1.165, 1.54) is 4.57 Å². The van der Waals surface area contributed by atoms with Crippen LogP contribution in [0, 0.1) is 26.9 Å². The number of nitrogens with one attached hydrogen (secondary N) is 4. The first-order valence-corrected chi connectivity index (χ1v) is 26.1. The van der Waals surface area contributed by atoms with Crippen LogP contribution in [-0.2, 0) is 42.2 Å². The molecule has 75 heavy (non-hydrogen) atoms. The highest BCUT2D eigenvalue weighted by Gasteiger charge is 2.41. The molecule has 1 aliphatic carbocycles. The molecule has 2 atom stereocenters. The van der Waals surface area contributed by atoms with Crippen molar-refractivity contribution in [1.82, 2.24) is 35.4 Å². The van der Waals surface area contributed by atoms with Gasteiger partial charge in [0, 0.05) is 85.6 Å². The van der Waals surface area contributed by atoms with Crippen molar-refractivity contribution in [3.8, 4) is 6.07 Å². The first-order valence-electron chi connectivity index (χ1n) is 26.1. The lowest BCUT2D eigenvalue weighted by Gasteiger charge is -2.39. The number of ether oxygens (including phenoxy) is 2. The minimum Gasteiger partial charge on any atom is -0.444 e. The van der Waals surface area contributed by atoms with E-state index in [0.717, 1.165) is 39.8 Å². The van der Waals surface area contributed by atoms with Crippen LogP contribution in [0.5, 0.6) is 0 Å². The molecule has 0 unspecified atom stereocenters. The molecule has 0 saturated carbocycles. The van der Waals surface area contributed by atoms with Crippen LogP contribution in [0.25, 0.3) is 21.9 Å². The first kappa shape index (κ1) is 55.4. The maximum atomic E-state index is 14.1. The van der Waals surface area contributed by atoms with Gasteiger partial charge in [0.25, 0.3) is 0 Å². The number of anilines is 1. The highest BCUT2D eigenvalue weighted by Crippen LogP contribution is 2.46. The number of aromatic nitrogens is 3. The Kier molecular flexibility index (Phi) is 17.0. The Morgan fingerprint density at radius 1 is 0.933 bits per heavy atom. The lowest BCUT2D eigenvalue weighted by atomic mass is 9.70. The van der Waals surface area contributed by atoms with Gasteiger partial charge in [0.1, 0.15) is 23.2 Å². The number of hydrogen-bond acceptors (Lipinski definition) is 12. The van der Waals surface area contributed by atoms with E-state index in [9.17, 15) is 39.3 Å². The van der Waals surface area contributed by atoms with E-state index in [2.05, 4.69) is 69.8 Å². The molecular formula is C56H72N10O9. The standard InChI is InChI=1S/C56H72N10O9/c1-10-36-32-38-39(56(8,9)48-46(47(38)68)37-22-21-35(34-57)31-42(37)59-48)33-44(36)63-25-27-64(28-26-63)45(67)20-13-14-29-74-30-16-23-58-51(70)49(54(2,3)4)62-50(69)41(61-53(71)75-55(5,6)7)18-15-24-65-43-19-12-11-17-40(43)60-52(65)66(72)73/h11-12,17,19,21-22,31-33,41,49,59H,10,13-16,18,20,23-30H2,1-9H3,(H,58,70)(H,61,71)(H,62,69)/t41-,49+/m0/s1. The van der Waals surface area contributed by atoms with Crippen molar-refractivity contribution in [1.29, 1.82) is 5.26 Å². The number of imidazole rings is 1. The van der Waals surface area contributed by atoms with Crippen LogP contribution in [0.3, 0.4) is 0 Å². The van der Waals surface area contributed by atoms with E-state index in [1.54, 1.807) is 57.2 Å². The number of H-pyrrole nitrogens is 1. The molecule has 5 aromatic rings. The van der Waals surface area contributed by atoms with Crippen molar-refractivity contribution < 1.29 is 38.4 Å². The number of fused-ring (bicyclic) bond motifs is 5. The van der Waals surface area contributed by atoms with Gasteiger partial charge >= 0.3 is 12.0 Å². The largest absolute Gasteiger partial charge is 0.444 e. The lowest BCUT2D eigenvalue weighted by molar-refractivity contribution is -0.396. The number of para-hydroxylation sites is 2. The first-order chi connectivity index (χ1) is 35.5. The van der Waals surface area contributed by atoms with Crippen LogP contribution in [0.4, 0.5) is 16.4 Å². The van der Waals surface area contributed by atoms with Crippen molar-refractivity contribution in [2.75, 3.05) is 50.8 Å². The molecule has 1 aliphatic heterocycles. The molecule has 4 amide bonds. The average Bonchev–Trinajstić information content (AvgIpc) is 3.94. The molecule has 19 heteroatoms. The summed E-state index contributed by atoms with van der Waals surface area (Å²) in [4.78, 5) is 91.0. The molecule has 3 aromatic carbocycles. The number of ketones is 1. The highest BCUT2D eigenvalue weighted by atomic mass is 16.6. The monoisotopic (exact) mass is 1030 g/mol. The zero-order chi connectivity index (χ0) is 54.4. The third-order valence-electron chi connectivity index (χ3n) is 14.1. The number of nitro groups is 1. The maximum absolute atomic E-state index is 14.1. The van der Waals surface area contributed by atoms with Gasteiger partial charge in [-0.15, -0.1) is 0 Å². The van der Waals surface area contributed by atoms with E-state index < -0.39 is 51.3 Å². The van der Waals surface area contributed by atoms with E-state index >= 15 is 0 Å². The minimum absolute atomic E-state index is 0.0105. The zero-order valence-electron chi connectivity index (χ0n) is 44.8. The number of hydrogen-bond donors (Lipinski definition) is 4. The summed E-state index contributed by atoms with van der Waals surface area (Å²) in [6, 6.07) is 16.7. The summed E-state index contributed by atoms with van der Waals surface area (Å²) < 4.78 is 12.8. The molecule has 3 heterocycles. The Morgan fingerprint density at radius 3 is 2.33 bits per heavy atom. The quantitative estimate of drug-likeness (QED) is 0.0329. The number of nitrogens with zero attached hydrogens (tertiary/aromatic N) is 6. The second-order valence-corrected chi connectivity index (χ2v) is 22.1. The molecule has 1 fully saturated rings. The number of aromatic amines is 1. The van der Waals surface area contributed by atoms with Gasteiger partial charge in [-0.2, -0.15) is 5.26 Å². The Bertz CT molecular complexity index is 3000. The molecule has 2 aromatic heterocycles. The van der Waals surface area contributed by atoms with Gasteiger partial charge in [-0.25, -0.2) is 9.36 Å². The van der Waals surface area contributed by atoms with Gasteiger partial charge < -0.3 is 50.3 Å². The molecule has 7 rings (SSSR count). The number of piperazine rings is 1. The third kappa shape index (κ3) is 12.8. The van der Waals surface area contributed by atoms with Crippen molar-refractivity contribution in [3.63, 3.8) is 0 Å². The third-order valence-corrected chi connectivity index (χ3v) is 14.1. The van der Waals surface area contributed by atoms with Crippen LogP contribution in [0.2, 0.25) is 0 Å². The number of carbonyl (C=O) groups is 5. The van der Waals surface area contributed by atoms with Crippen molar-refractivity contribution in [2.45, 2.75) is 137 Å². The van der Waals surface area contributed by atoms with Gasteiger partial charge in [-0.3, -0.25) is 19.2 Å². The summed E-state index contributed by atoms with van der Waals surface area (Å²) in [7, 11) is 0. The number of benzene rings is 3. The average molecular weight is 1030 g/mol. The van der Waals surface area contributed by atoms with Gasteiger partial charge in [0.05, 0.1) is 23.7 Å². The second kappa shape index (κ2) is 23.1. The number of rotatable bonds is 20. The Labute approximate surface area is 438 Å². The molecular weight excluding hydrogens is 957 g/mol. The molecule has 4 N–H and O–H groups in total. The number of unbranched alkanes of at least 4 members (excludes halogenated alkanes) is 1. The fourth-order valence-electron chi connectivity index (χ4n) is 10.1. The summed E-state index contributed by atoms with van der Waals surface area (Å²) in [6.07, 6.45) is 2.57. The lowest BCUT2D eigenvalue weighted by Crippen LogP contribution is -2.58. The molecule has 0 bridgehead atoms. The summed E-state index contributed by atoms with van der Waals surface area (Å²) in [5.74, 6) is -1.23. The fraction of sp³-hybridized carbons (Fsp3) is 0.518. The summed E-state index contributed by atoms with van der Waals surface area (Å²) >= 11 is 0. The number of amides is 4. The molecule has 2 aliphatic rings. The minimum atomic E-state index is -1.12. The normalized spacial score (nSPS) is 15.2. The van der Waals surface area contributed by atoms with Gasteiger partial charge in [-0.05, 0) is 117 Å². The summed E-state index contributed by atoms with van der Waals surface area (Å²) in [5.41, 5.74) is 5.69. The number of aryl methyl sites for hydroxylation is 2. The number of nitriles is 1. The highest BCUT2D eigenvalue weighted by molar-refractivity contribution is 6.20. The SMILES string of the molecule is CCc1cc2c(cc1N1CCN(C(=O)CCCCOCCCNC(=O)[C@@H](NC(=O)[C@H](CCCn3c([N+](=O)[O-])nc4ccccc43)NC(=O)OC(C)(C)C)C(C)(C)C)CC1)C(C)(C)c1[nH]c3cc(C#N)ccc3c1C2=O. The van der Waals surface area contributed by atoms with Crippen molar-refractivity contribution in [3.05, 3.63) is 98.2 Å². The molecule has 0 radical (unpaired) electrons. The fourth-order valence-corrected chi connectivity index (χ4v) is 10.1. The Morgan fingerprint density at radius 2 is 1.65 bits per heavy atom. The maximum Gasteiger partial charge on any atom is 0.435 e. The zero-order valence-corrected chi connectivity index (χ0v) is 44.8. The smallest absolute Gasteiger partial charge is 0.435 e. The van der Waals surface area contributed by atoms with E-state index in [0.29, 0.717) is 99.3 Å². The topological polar surface area (TPSA) is 247 Å². The van der Waals surface area contributed by atoms with Gasteiger partial charge in [0.15, 0.2) is 11.3 Å². The van der Waals surface area contributed by atoms with Crippen molar-refractivity contribution in [2.24, 2.45) is 5.41 Å². The van der Waals surface area contributed by atoms with E-state index in [1.807, 2.05) is 31.7 Å². The Balaban J connectivity index is 0.835. The summed E-state index contributed by atoms with van der Waals surface area (Å²) in [6.45, 7) is 20.8.